The number of aromatic nitrogens is 2. The third-order valence-corrected chi connectivity index (χ3v) is 3.49. The van der Waals surface area contributed by atoms with Crippen molar-refractivity contribution >= 4 is 21.6 Å². The Hall–Kier alpha value is -1.49. The lowest BCUT2D eigenvalue weighted by Gasteiger charge is -2.09. The van der Waals surface area contributed by atoms with E-state index in [4.69, 9.17) is 4.74 Å². The predicted molar refractivity (Wildman–Crippen MR) is 80.5 cm³/mol. The van der Waals surface area contributed by atoms with Gasteiger partial charge < -0.3 is 10.1 Å². The Balaban J connectivity index is 2.01. The maximum atomic E-state index is 5.22. The molecule has 0 aliphatic rings. The summed E-state index contributed by atoms with van der Waals surface area (Å²) in [7, 11) is 1.67. The van der Waals surface area contributed by atoms with Crippen LogP contribution in [0.1, 0.15) is 18.9 Å². The number of halogens is 1. The molecule has 4 nitrogen and oxygen atoms in total. The first-order valence-corrected chi connectivity index (χ1v) is 7.11. The van der Waals surface area contributed by atoms with Gasteiger partial charge in [0.15, 0.2) is 0 Å². The molecule has 2 aromatic rings. The normalized spacial score (nSPS) is 10.5. The van der Waals surface area contributed by atoms with Gasteiger partial charge in [0.1, 0.15) is 5.75 Å². The molecule has 0 aliphatic carbocycles. The molecule has 19 heavy (non-hydrogen) atoms. The molecule has 2 rings (SSSR count). The summed E-state index contributed by atoms with van der Waals surface area (Å²) in [5.41, 5.74) is 2.19. The topological polar surface area (TPSA) is 39.1 Å². The quantitative estimate of drug-likeness (QED) is 0.881. The van der Waals surface area contributed by atoms with Crippen molar-refractivity contribution in [2.45, 2.75) is 26.4 Å². The van der Waals surface area contributed by atoms with Gasteiger partial charge in [0.2, 0.25) is 0 Å². The highest BCUT2D eigenvalue weighted by atomic mass is 79.9. The van der Waals surface area contributed by atoms with Crippen LogP contribution < -0.4 is 10.1 Å². The molecule has 0 fully saturated rings. The molecular weight excluding hydrogens is 306 g/mol. The summed E-state index contributed by atoms with van der Waals surface area (Å²) in [4.78, 5) is 0. The maximum Gasteiger partial charge on any atom is 0.121 e. The number of nitrogens with zero attached hydrogens (tertiary/aromatic N) is 2. The number of nitrogens with one attached hydrogen (secondary N) is 1. The van der Waals surface area contributed by atoms with Gasteiger partial charge in [0.25, 0.3) is 0 Å². The fourth-order valence-corrected chi connectivity index (χ4v) is 2.20. The molecule has 0 atom stereocenters. The number of benzene rings is 1. The lowest BCUT2D eigenvalue weighted by molar-refractivity contribution is 0.415. The zero-order valence-electron chi connectivity index (χ0n) is 11.2. The minimum atomic E-state index is 0.746. The Morgan fingerprint density at radius 1 is 1.42 bits per heavy atom. The highest BCUT2D eigenvalue weighted by Crippen LogP contribution is 2.27. The van der Waals surface area contributed by atoms with Crippen LogP contribution in [0, 0.1) is 0 Å². The van der Waals surface area contributed by atoms with Crippen molar-refractivity contribution in [2.24, 2.45) is 0 Å². The molecule has 1 N–H and O–H groups in total. The molecule has 0 amide bonds. The van der Waals surface area contributed by atoms with E-state index in [1.54, 1.807) is 7.11 Å². The number of rotatable bonds is 6. The van der Waals surface area contributed by atoms with E-state index in [1.807, 2.05) is 29.1 Å². The van der Waals surface area contributed by atoms with Gasteiger partial charge in [-0.05, 0) is 34.5 Å². The van der Waals surface area contributed by atoms with Gasteiger partial charge in [-0.3, -0.25) is 4.68 Å². The molecule has 5 heteroatoms. The molecule has 0 aliphatic heterocycles. The lowest BCUT2D eigenvalue weighted by atomic mass is 10.3. The Morgan fingerprint density at radius 3 is 3.00 bits per heavy atom. The smallest absolute Gasteiger partial charge is 0.121 e. The van der Waals surface area contributed by atoms with Crippen LogP contribution in [0.3, 0.4) is 0 Å². The second-order valence-corrected chi connectivity index (χ2v) is 5.17. The molecule has 1 aromatic carbocycles. The number of methoxy groups -OCH3 is 1. The molecule has 1 heterocycles. The van der Waals surface area contributed by atoms with E-state index in [1.165, 1.54) is 5.56 Å². The van der Waals surface area contributed by atoms with E-state index in [-0.39, 0.29) is 0 Å². The van der Waals surface area contributed by atoms with E-state index in [0.29, 0.717) is 0 Å². The van der Waals surface area contributed by atoms with E-state index in [0.717, 1.165) is 35.4 Å². The van der Waals surface area contributed by atoms with Gasteiger partial charge in [-0.25, -0.2) is 0 Å². The van der Waals surface area contributed by atoms with Crippen molar-refractivity contribution in [3.8, 4) is 5.75 Å². The lowest BCUT2D eigenvalue weighted by Crippen LogP contribution is -2.00. The average Bonchev–Trinajstić information content (AvgIpc) is 2.86. The summed E-state index contributed by atoms with van der Waals surface area (Å²) >= 11 is 3.52. The summed E-state index contributed by atoms with van der Waals surface area (Å²) in [6.07, 6.45) is 5.07. The molecule has 102 valence electrons. The minimum Gasteiger partial charge on any atom is -0.497 e. The Morgan fingerprint density at radius 2 is 2.26 bits per heavy atom. The summed E-state index contributed by atoms with van der Waals surface area (Å²) in [5, 5.41) is 7.69. The number of ether oxygens (including phenoxy) is 1. The van der Waals surface area contributed by atoms with E-state index in [9.17, 15) is 0 Å². The van der Waals surface area contributed by atoms with Crippen molar-refractivity contribution in [3.63, 3.8) is 0 Å². The fraction of sp³-hybridized carbons (Fsp3) is 0.357. The summed E-state index contributed by atoms with van der Waals surface area (Å²) in [6, 6.07) is 5.87. The molecule has 0 radical (unpaired) electrons. The standard InChI is InChI=1S/C14H18BrN3O/c1-3-6-18-10-11(9-17-18)8-16-14-7-12(19-2)4-5-13(14)15/h4-5,7,9-10,16H,3,6,8H2,1-2H3. The molecule has 0 saturated carbocycles. The van der Waals surface area contributed by atoms with Crippen molar-refractivity contribution in [1.82, 2.24) is 9.78 Å². The van der Waals surface area contributed by atoms with Gasteiger partial charge >= 0.3 is 0 Å². The molecule has 1 aromatic heterocycles. The average molecular weight is 324 g/mol. The SMILES string of the molecule is CCCn1cc(CNc2cc(OC)ccc2Br)cn1. The van der Waals surface area contributed by atoms with Crippen LogP contribution in [0.2, 0.25) is 0 Å². The van der Waals surface area contributed by atoms with Crippen molar-refractivity contribution in [3.05, 3.63) is 40.6 Å². The third kappa shape index (κ3) is 3.73. The number of aryl methyl sites for hydroxylation is 1. The number of hydrogen-bond donors (Lipinski definition) is 1. The third-order valence-electron chi connectivity index (χ3n) is 2.80. The Labute approximate surface area is 121 Å². The van der Waals surface area contributed by atoms with Crippen LogP contribution in [0.5, 0.6) is 5.75 Å². The summed E-state index contributed by atoms with van der Waals surface area (Å²) < 4.78 is 8.21. The van der Waals surface area contributed by atoms with Crippen molar-refractivity contribution in [2.75, 3.05) is 12.4 Å². The molecule has 0 spiro atoms. The zero-order chi connectivity index (χ0) is 13.7. The first-order valence-electron chi connectivity index (χ1n) is 6.31. The van der Waals surface area contributed by atoms with Gasteiger partial charge in [-0.15, -0.1) is 0 Å². The second-order valence-electron chi connectivity index (χ2n) is 4.31. The highest BCUT2D eigenvalue weighted by molar-refractivity contribution is 9.10. The van der Waals surface area contributed by atoms with Crippen molar-refractivity contribution < 1.29 is 4.74 Å². The monoisotopic (exact) mass is 323 g/mol. The first-order chi connectivity index (χ1) is 9.22. The molecular formula is C14H18BrN3O. The van der Waals surface area contributed by atoms with Gasteiger partial charge in [0, 0.05) is 35.4 Å². The predicted octanol–water partition coefficient (Wildman–Crippen LogP) is 3.68. The van der Waals surface area contributed by atoms with Crippen LogP contribution in [-0.4, -0.2) is 16.9 Å². The number of anilines is 1. The van der Waals surface area contributed by atoms with Gasteiger partial charge in [-0.2, -0.15) is 5.10 Å². The Bertz CT molecular complexity index is 539. The van der Waals surface area contributed by atoms with E-state index >= 15 is 0 Å². The largest absolute Gasteiger partial charge is 0.497 e. The summed E-state index contributed by atoms with van der Waals surface area (Å²) in [5.74, 6) is 0.840. The maximum absolute atomic E-state index is 5.22. The van der Waals surface area contributed by atoms with Gasteiger partial charge in [0.05, 0.1) is 19.0 Å². The van der Waals surface area contributed by atoms with Crippen molar-refractivity contribution in [1.29, 1.82) is 0 Å². The first kappa shape index (κ1) is 13.9. The second kappa shape index (κ2) is 6.61. The van der Waals surface area contributed by atoms with Crippen LogP contribution in [-0.2, 0) is 13.1 Å². The van der Waals surface area contributed by atoms with E-state index < -0.39 is 0 Å². The van der Waals surface area contributed by atoms with Gasteiger partial charge in [-0.1, -0.05) is 6.92 Å². The summed E-state index contributed by atoms with van der Waals surface area (Å²) in [6.45, 7) is 3.85. The van der Waals surface area contributed by atoms with E-state index in [2.05, 4.69) is 39.5 Å². The Kier molecular flexibility index (Phi) is 4.85. The fourth-order valence-electron chi connectivity index (χ4n) is 1.81. The highest BCUT2D eigenvalue weighted by Gasteiger charge is 2.03. The number of hydrogen-bond acceptors (Lipinski definition) is 3. The van der Waals surface area contributed by atoms with Crippen LogP contribution in [0.4, 0.5) is 5.69 Å². The zero-order valence-corrected chi connectivity index (χ0v) is 12.8. The van der Waals surface area contributed by atoms with Crippen LogP contribution in [0.15, 0.2) is 35.1 Å². The molecule has 0 unspecified atom stereocenters. The molecule has 0 bridgehead atoms. The minimum absolute atomic E-state index is 0.746. The van der Waals surface area contributed by atoms with Crippen LogP contribution in [0.25, 0.3) is 0 Å². The molecule has 0 saturated heterocycles. The van der Waals surface area contributed by atoms with Crippen LogP contribution >= 0.6 is 15.9 Å².